The van der Waals surface area contributed by atoms with Crippen molar-refractivity contribution in [2.45, 2.75) is 51.5 Å². The second-order valence-electron chi connectivity index (χ2n) is 5.16. The maximum absolute atomic E-state index is 2.60. The minimum Gasteiger partial charge on any atom is -0.241 e. The quantitative estimate of drug-likeness (QED) is 0.527. The highest BCUT2D eigenvalue weighted by Crippen LogP contribution is 2.49. The Bertz CT molecular complexity index is 193. The van der Waals surface area contributed by atoms with Gasteiger partial charge in [0.05, 0.1) is 0 Å². The molecule has 0 aromatic heterocycles. The highest BCUT2D eigenvalue weighted by Gasteiger charge is 2.46. The Hall–Kier alpha value is 0.690. The molecule has 2 atom stereocenters. The Morgan fingerprint density at radius 1 is 1.38 bits per heavy atom. The van der Waals surface area contributed by atoms with E-state index in [0.717, 1.165) is 11.8 Å². The second-order valence-corrected chi connectivity index (χ2v) is 6.33. The molecule has 1 aliphatic heterocycles. The predicted molar refractivity (Wildman–Crippen MR) is 64.9 cm³/mol. The van der Waals surface area contributed by atoms with Crippen molar-refractivity contribution < 1.29 is 0 Å². The standard InChI is InChI=1S/C11H20IN/c1-9(2)10-4-6-11(8-10)5-3-7-13(11)12/h9-10H,3-8H2,1-2H3. The SMILES string of the molecule is CC(C)C1CCC2(CCCN2I)C1. The van der Waals surface area contributed by atoms with Gasteiger partial charge >= 0.3 is 0 Å². The summed E-state index contributed by atoms with van der Waals surface area (Å²) in [6, 6.07) is 0. The Balaban J connectivity index is 2.03. The van der Waals surface area contributed by atoms with Crippen LogP contribution in [0.3, 0.4) is 0 Å². The zero-order chi connectivity index (χ0) is 9.47. The van der Waals surface area contributed by atoms with Gasteiger partial charge in [-0.1, -0.05) is 13.8 Å². The van der Waals surface area contributed by atoms with Crippen LogP contribution >= 0.6 is 22.9 Å². The van der Waals surface area contributed by atoms with Gasteiger partial charge in [0.15, 0.2) is 0 Å². The number of hydrogen-bond acceptors (Lipinski definition) is 1. The molecule has 0 radical (unpaired) electrons. The molecule has 13 heavy (non-hydrogen) atoms. The summed E-state index contributed by atoms with van der Waals surface area (Å²) < 4.78 is 2.60. The van der Waals surface area contributed by atoms with Gasteiger partial charge in [0.25, 0.3) is 0 Å². The molecule has 0 bridgehead atoms. The van der Waals surface area contributed by atoms with E-state index in [2.05, 4.69) is 39.8 Å². The van der Waals surface area contributed by atoms with Crippen molar-refractivity contribution in [1.82, 2.24) is 3.11 Å². The highest BCUT2D eigenvalue weighted by atomic mass is 127. The van der Waals surface area contributed by atoms with E-state index >= 15 is 0 Å². The van der Waals surface area contributed by atoms with Gasteiger partial charge in [-0.25, -0.2) is 3.11 Å². The van der Waals surface area contributed by atoms with Crippen LogP contribution in [0.4, 0.5) is 0 Å². The molecule has 1 saturated carbocycles. The summed E-state index contributed by atoms with van der Waals surface area (Å²) in [6.07, 6.45) is 7.27. The fourth-order valence-electron chi connectivity index (χ4n) is 3.07. The number of nitrogens with zero attached hydrogens (tertiary/aromatic N) is 1. The zero-order valence-corrected chi connectivity index (χ0v) is 10.9. The molecule has 0 aromatic rings. The van der Waals surface area contributed by atoms with E-state index in [1.807, 2.05) is 0 Å². The maximum atomic E-state index is 2.60. The molecular formula is C11H20IN. The van der Waals surface area contributed by atoms with Gasteiger partial charge in [0.2, 0.25) is 0 Å². The molecule has 1 spiro atoms. The van der Waals surface area contributed by atoms with Crippen molar-refractivity contribution in [2.24, 2.45) is 11.8 Å². The fraction of sp³-hybridized carbons (Fsp3) is 1.00. The first-order chi connectivity index (χ1) is 6.14. The van der Waals surface area contributed by atoms with Crippen molar-refractivity contribution in [3.05, 3.63) is 0 Å². The molecule has 2 heteroatoms. The summed E-state index contributed by atoms with van der Waals surface area (Å²) >= 11 is 2.55. The molecule has 0 amide bonds. The third kappa shape index (κ3) is 1.76. The van der Waals surface area contributed by atoms with Gasteiger partial charge in [-0.3, -0.25) is 0 Å². The predicted octanol–water partition coefficient (Wildman–Crippen LogP) is 3.63. The molecule has 0 aromatic carbocycles. The zero-order valence-electron chi connectivity index (χ0n) is 8.72. The molecular weight excluding hydrogens is 273 g/mol. The first kappa shape index (κ1) is 10.2. The molecule has 1 heterocycles. The number of hydrogen-bond donors (Lipinski definition) is 0. The summed E-state index contributed by atoms with van der Waals surface area (Å²) in [5, 5.41) is 0. The molecule has 2 unspecified atom stereocenters. The maximum Gasteiger partial charge on any atom is 0.0308 e. The van der Waals surface area contributed by atoms with Gasteiger partial charge in [-0.15, -0.1) is 0 Å². The summed E-state index contributed by atoms with van der Waals surface area (Å²) in [4.78, 5) is 0. The smallest absolute Gasteiger partial charge is 0.0308 e. The monoisotopic (exact) mass is 293 g/mol. The van der Waals surface area contributed by atoms with Crippen LogP contribution in [0.2, 0.25) is 0 Å². The van der Waals surface area contributed by atoms with Crippen molar-refractivity contribution in [3.8, 4) is 0 Å². The lowest BCUT2D eigenvalue weighted by atomic mass is 9.89. The van der Waals surface area contributed by atoms with Crippen molar-refractivity contribution in [2.75, 3.05) is 6.54 Å². The molecule has 2 fully saturated rings. The van der Waals surface area contributed by atoms with Crippen LogP contribution < -0.4 is 0 Å². The Morgan fingerprint density at radius 2 is 2.15 bits per heavy atom. The third-order valence-electron chi connectivity index (χ3n) is 4.08. The van der Waals surface area contributed by atoms with E-state index < -0.39 is 0 Å². The van der Waals surface area contributed by atoms with E-state index in [9.17, 15) is 0 Å². The number of halogens is 1. The van der Waals surface area contributed by atoms with Crippen LogP contribution in [0.5, 0.6) is 0 Å². The van der Waals surface area contributed by atoms with E-state index in [4.69, 9.17) is 0 Å². The summed E-state index contributed by atoms with van der Waals surface area (Å²) in [5.41, 5.74) is 0.621. The lowest BCUT2D eigenvalue weighted by Gasteiger charge is -2.30. The highest BCUT2D eigenvalue weighted by molar-refractivity contribution is 14.1. The van der Waals surface area contributed by atoms with Gasteiger partial charge in [-0.05, 0) is 43.9 Å². The average molecular weight is 293 g/mol. The molecule has 76 valence electrons. The molecule has 1 saturated heterocycles. The Kier molecular flexibility index (Phi) is 2.90. The first-order valence-corrected chi connectivity index (χ1v) is 6.54. The van der Waals surface area contributed by atoms with Gasteiger partial charge < -0.3 is 0 Å². The van der Waals surface area contributed by atoms with Crippen LogP contribution in [0.1, 0.15) is 46.0 Å². The van der Waals surface area contributed by atoms with Crippen LogP contribution in [-0.2, 0) is 0 Å². The minimum atomic E-state index is 0.621. The lowest BCUT2D eigenvalue weighted by Crippen LogP contribution is -2.34. The van der Waals surface area contributed by atoms with E-state index in [-0.39, 0.29) is 0 Å². The van der Waals surface area contributed by atoms with Crippen molar-refractivity contribution in [3.63, 3.8) is 0 Å². The topological polar surface area (TPSA) is 3.24 Å². The molecule has 2 rings (SSSR count). The second kappa shape index (κ2) is 3.69. The Morgan fingerprint density at radius 3 is 2.62 bits per heavy atom. The lowest BCUT2D eigenvalue weighted by molar-refractivity contribution is 0.265. The van der Waals surface area contributed by atoms with Crippen molar-refractivity contribution >= 4 is 22.9 Å². The molecule has 1 aliphatic carbocycles. The third-order valence-corrected chi connectivity index (χ3v) is 5.58. The van der Waals surface area contributed by atoms with Gasteiger partial charge in [0, 0.05) is 34.9 Å². The minimum absolute atomic E-state index is 0.621. The van der Waals surface area contributed by atoms with Crippen molar-refractivity contribution in [1.29, 1.82) is 0 Å². The van der Waals surface area contributed by atoms with E-state index in [1.54, 1.807) is 0 Å². The first-order valence-electron chi connectivity index (χ1n) is 5.57. The largest absolute Gasteiger partial charge is 0.241 e. The van der Waals surface area contributed by atoms with Crippen LogP contribution in [0, 0.1) is 11.8 Å². The molecule has 0 N–H and O–H groups in total. The Labute approximate surface area is 95.8 Å². The summed E-state index contributed by atoms with van der Waals surface area (Å²) in [5.74, 6) is 1.89. The summed E-state index contributed by atoms with van der Waals surface area (Å²) in [6.45, 7) is 6.09. The normalized spacial score (nSPS) is 41.1. The fourth-order valence-corrected chi connectivity index (χ4v) is 4.09. The van der Waals surface area contributed by atoms with E-state index in [1.165, 1.54) is 38.6 Å². The van der Waals surface area contributed by atoms with Gasteiger partial charge in [0.1, 0.15) is 0 Å². The van der Waals surface area contributed by atoms with Crippen LogP contribution in [-0.4, -0.2) is 15.2 Å². The summed E-state index contributed by atoms with van der Waals surface area (Å²) in [7, 11) is 0. The molecule has 2 aliphatic rings. The average Bonchev–Trinajstić information content (AvgIpc) is 2.63. The molecule has 1 nitrogen and oxygen atoms in total. The van der Waals surface area contributed by atoms with E-state index in [0.29, 0.717) is 5.54 Å². The van der Waals surface area contributed by atoms with Gasteiger partial charge in [-0.2, -0.15) is 0 Å². The number of rotatable bonds is 1. The van der Waals surface area contributed by atoms with Crippen LogP contribution in [0.15, 0.2) is 0 Å². The van der Waals surface area contributed by atoms with Crippen LogP contribution in [0.25, 0.3) is 0 Å².